The fourth-order valence-electron chi connectivity index (χ4n) is 2.59. The van der Waals surface area contributed by atoms with Gasteiger partial charge in [0.1, 0.15) is 0 Å². The molecule has 2 rings (SSSR count). The summed E-state index contributed by atoms with van der Waals surface area (Å²) in [5, 5.41) is 0. The molecule has 4 heteroatoms. The average molecular weight is 344 g/mol. The quantitative estimate of drug-likeness (QED) is 0.529. The van der Waals surface area contributed by atoms with E-state index in [4.69, 9.17) is 11.5 Å². The number of nitrogens with two attached hydrogens (primary N) is 2. The lowest BCUT2D eigenvalue weighted by atomic mass is 10.0. The van der Waals surface area contributed by atoms with Crippen LogP contribution in [0, 0.1) is 5.92 Å². The Morgan fingerprint density at radius 1 is 1.00 bits per heavy atom. The Labute approximate surface area is 150 Å². The van der Waals surface area contributed by atoms with Crippen LogP contribution in [0.4, 0.5) is 5.69 Å². The number of rotatable bonds is 9. The van der Waals surface area contributed by atoms with Crippen LogP contribution in [0.5, 0.6) is 0 Å². The molecule has 2 aromatic carbocycles. The summed E-state index contributed by atoms with van der Waals surface area (Å²) in [6.45, 7) is 6.54. The summed E-state index contributed by atoms with van der Waals surface area (Å²) in [4.78, 5) is 1.22. The summed E-state index contributed by atoms with van der Waals surface area (Å²) >= 11 is 1.80. The van der Waals surface area contributed by atoms with Gasteiger partial charge in [-0.2, -0.15) is 0 Å². The first-order valence-electron chi connectivity index (χ1n) is 8.61. The van der Waals surface area contributed by atoms with Gasteiger partial charge < -0.3 is 11.5 Å². The maximum Gasteiger partial charge on any atom is 0.0314 e. The third-order valence-electron chi connectivity index (χ3n) is 3.77. The van der Waals surface area contributed by atoms with Crippen LogP contribution in [-0.4, -0.2) is 23.4 Å². The van der Waals surface area contributed by atoms with Crippen LogP contribution in [0.2, 0.25) is 0 Å². The fourth-order valence-corrected chi connectivity index (χ4v) is 3.71. The SMILES string of the molecule is CC(C)CN(CCC(N)Cc1ccccc1)Sc1ccc(N)cc1. The van der Waals surface area contributed by atoms with Gasteiger partial charge >= 0.3 is 0 Å². The molecule has 1 unspecified atom stereocenters. The van der Waals surface area contributed by atoms with Crippen LogP contribution in [0.3, 0.4) is 0 Å². The topological polar surface area (TPSA) is 55.3 Å². The highest BCUT2D eigenvalue weighted by molar-refractivity contribution is 7.97. The van der Waals surface area contributed by atoms with Crippen molar-refractivity contribution < 1.29 is 0 Å². The predicted molar refractivity (Wildman–Crippen MR) is 106 cm³/mol. The third-order valence-corrected chi connectivity index (χ3v) is 4.85. The number of benzene rings is 2. The summed E-state index contributed by atoms with van der Waals surface area (Å²) in [5.41, 5.74) is 14.2. The van der Waals surface area contributed by atoms with Gasteiger partial charge in [0, 0.05) is 29.7 Å². The van der Waals surface area contributed by atoms with Crippen molar-refractivity contribution in [3.05, 3.63) is 60.2 Å². The van der Waals surface area contributed by atoms with Crippen molar-refractivity contribution in [2.45, 2.75) is 37.6 Å². The summed E-state index contributed by atoms with van der Waals surface area (Å²) < 4.78 is 2.42. The molecule has 3 nitrogen and oxygen atoms in total. The molecule has 1 atom stereocenters. The third kappa shape index (κ3) is 6.95. The first-order valence-corrected chi connectivity index (χ1v) is 9.38. The minimum Gasteiger partial charge on any atom is -0.399 e. The number of nitrogen functional groups attached to an aromatic ring is 1. The number of hydrogen-bond acceptors (Lipinski definition) is 4. The Hall–Kier alpha value is -1.49. The zero-order valence-corrected chi connectivity index (χ0v) is 15.5. The highest BCUT2D eigenvalue weighted by Gasteiger charge is 2.12. The van der Waals surface area contributed by atoms with Crippen molar-refractivity contribution in [1.29, 1.82) is 0 Å². The molecular formula is C20H29N3S. The zero-order valence-electron chi connectivity index (χ0n) is 14.7. The summed E-state index contributed by atoms with van der Waals surface area (Å²) in [6.07, 6.45) is 1.92. The molecule has 0 aliphatic rings. The number of anilines is 1. The smallest absolute Gasteiger partial charge is 0.0314 e. The van der Waals surface area contributed by atoms with Gasteiger partial charge in [0.05, 0.1) is 0 Å². The molecule has 0 aliphatic carbocycles. The van der Waals surface area contributed by atoms with Crippen molar-refractivity contribution in [3.8, 4) is 0 Å². The Morgan fingerprint density at radius 3 is 2.29 bits per heavy atom. The van der Waals surface area contributed by atoms with Gasteiger partial charge in [0.15, 0.2) is 0 Å². The van der Waals surface area contributed by atoms with Gasteiger partial charge in [-0.05, 0) is 60.5 Å². The van der Waals surface area contributed by atoms with E-state index in [9.17, 15) is 0 Å². The summed E-state index contributed by atoms with van der Waals surface area (Å²) in [5.74, 6) is 0.622. The lowest BCUT2D eigenvalue weighted by Crippen LogP contribution is -2.30. The molecule has 0 saturated carbocycles. The second-order valence-corrected chi connectivity index (χ2v) is 7.85. The second-order valence-electron chi connectivity index (χ2n) is 6.68. The van der Waals surface area contributed by atoms with Crippen LogP contribution in [-0.2, 0) is 6.42 Å². The van der Waals surface area contributed by atoms with E-state index in [0.717, 1.165) is 31.6 Å². The van der Waals surface area contributed by atoms with Gasteiger partial charge in [-0.1, -0.05) is 44.2 Å². The maximum absolute atomic E-state index is 6.35. The van der Waals surface area contributed by atoms with Gasteiger partial charge in [-0.15, -0.1) is 0 Å². The standard InChI is InChI=1S/C20H29N3S/c1-16(2)15-23(24-20-10-8-18(21)9-11-20)13-12-19(22)14-17-6-4-3-5-7-17/h3-11,16,19H,12-15,21-22H2,1-2H3. The van der Waals surface area contributed by atoms with Crippen LogP contribution in [0.25, 0.3) is 0 Å². The van der Waals surface area contributed by atoms with Gasteiger partial charge in [-0.25, -0.2) is 4.31 Å². The highest BCUT2D eigenvalue weighted by Crippen LogP contribution is 2.25. The van der Waals surface area contributed by atoms with E-state index in [1.807, 2.05) is 18.2 Å². The Kier molecular flexibility index (Phi) is 7.63. The largest absolute Gasteiger partial charge is 0.399 e. The molecule has 0 spiro atoms. The van der Waals surface area contributed by atoms with Crippen molar-refractivity contribution >= 4 is 17.6 Å². The van der Waals surface area contributed by atoms with Crippen molar-refractivity contribution in [2.75, 3.05) is 18.8 Å². The lowest BCUT2D eigenvalue weighted by molar-refractivity contribution is 0.385. The molecule has 0 radical (unpaired) electrons. The van der Waals surface area contributed by atoms with Crippen LogP contribution >= 0.6 is 11.9 Å². The predicted octanol–water partition coefficient (Wildman–Crippen LogP) is 4.19. The molecular weight excluding hydrogens is 314 g/mol. The summed E-state index contributed by atoms with van der Waals surface area (Å²) in [7, 11) is 0. The zero-order chi connectivity index (χ0) is 17.4. The first-order chi connectivity index (χ1) is 11.5. The first kappa shape index (κ1) is 18.8. The summed E-state index contributed by atoms with van der Waals surface area (Å²) in [6, 6.07) is 18.7. The van der Waals surface area contributed by atoms with Crippen molar-refractivity contribution in [3.63, 3.8) is 0 Å². The van der Waals surface area contributed by atoms with Crippen LogP contribution < -0.4 is 11.5 Å². The second kappa shape index (κ2) is 9.72. The van der Waals surface area contributed by atoms with Crippen LogP contribution in [0.15, 0.2) is 59.5 Å². The monoisotopic (exact) mass is 343 g/mol. The normalized spacial score (nSPS) is 12.7. The fraction of sp³-hybridized carbons (Fsp3) is 0.400. The average Bonchev–Trinajstić information content (AvgIpc) is 2.55. The van der Waals surface area contributed by atoms with Gasteiger partial charge in [0.25, 0.3) is 0 Å². The van der Waals surface area contributed by atoms with E-state index in [-0.39, 0.29) is 6.04 Å². The maximum atomic E-state index is 6.35. The Balaban J connectivity index is 1.87. The number of nitrogens with zero attached hydrogens (tertiary/aromatic N) is 1. The Bertz CT molecular complexity index is 584. The minimum atomic E-state index is 0.189. The van der Waals surface area contributed by atoms with Gasteiger partial charge in [0.2, 0.25) is 0 Å². The lowest BCUT2D eigenvalue weighted by Gasteiger charge is -2.24. The van der Waals surface area contributed by atoms with E-state index < -0.39 is 0 Å². The van der Waals surface area contributed by atoms with Crippen molar-refractivity contribution in [2.24, 2.45) is 11.7 Å². The van der Waals surface area contributed by atoms with Crippen molar-refractivity contribution in [1.82, 2.24) is 4.31 Å². The molecule has 2 aromatic rings. The highest BCUT2D eigenvalue weighted by atomic mass is 32.2. The molecule has 24 heavy (non-hydrogen) atoms. The van der Waals surface area contributed by atoms with E-state index >= 15 is 0 Å². The molecule has 0 aliphatic heterocycles. The molecule has 0 fully saturated rings. The van der Waals surface area contributed by atoms with E-state index in [1.54, 1.807) is 11.9 Å². The molecule has 0 aromatic heterocycles. The molecule has 0 amide bonds. The molecule has 0 saturated heterocycles. The number of hydrogen-bond donors (Lipinski definition) is 2. The molecule has 130 valence electrons. The molecule has 0 bridgehead atoms. The Morgan fingerprint density at radius 2 is 1.67 bits per heavy atom. The molecule has 0 heterocycles. The minimum absolute atomic E-state index is 0.189. The van der Waals surface area contributed by atoms with Gasteiger partial charge in [-0.3, -0.25) is 0 Å². The van der Waals surface area contributed by atoms with E-state index in [1.165, 1.54) is 10.5 Å². The van der Waals surface area contributed by atoms with E-state index in [0.29, 0.717) is 5.92 Å². The molecule has 4 N–H and O–H groups in total. The van der Waals surface area contributed by atoms with E-state index in [2.05, 4.69) is 54.6 Å². The van der Waals surface area contributed by atoms with Crippen LogP contribution in [0.1, 0.15) is 25.8 Å².